The molecule has 3 rings (SSSR count). The minimum absolute atomic E-state index is 0.166. The molecule has 0 unspecified atom stereocenters. The molecule has 0 saturated heterocycles. The molecule has 0 bridgehead atoms. The Morgan fingerprint density at radius 1 is 0.882 bits per heavy atom. The van der Waals surface area contributed by atoms with Gasteiger partial charge in [0, 0.05) is 18.1 Å². The molecule has 0 radical (unpaired) electrons. The number of thioether (sulfide) groups is 1. The molecule has 1 amide bonds. The van der Waals surface area contributed by atoms with Crippen LogP contribution in [0.25, 0.3) is 0 Å². The third-order valence-electron chi connectivity index (χ3n) is 5.44. The molecule has 0 aliphatic rings. The zero-order valence-electron chi connectivity index (χ0n) is 20.2. The second-order valence-corrected chi connectivity index (χ2v) is 11.5. The number of rotatable bonds is 10. The first-order valence-electron chi connectivity index (χ1n) is 11.2. The maximum atomic E-state index is 13.5. The lowest BCUT2D eigenvalue weighted by Gasteiger charge is -2.26. The summed E-state index contributed by atoms with van der Waals surface area (Å²) in [7, 11) is -3.91. The summed E-state index contributed by atoms with van der Waals surface area (Å²) in [5.41, 5.74) is 5.79. The van der Waals surface area contributed by atoms with Crippen LogP contribution in [0, 0.1) is 27.7 Å². The molecular formula is C27H32N2O3S2. The summed E-state index contributed by atoms with van der Waals surface area (Å²) in [4.78, 5) is 13.0. The van der Waals surface area contributed by atoms with Crippen LogP contribution in [0.5, 0.6) is 0 Å². The van der Waals surface area contributed by atoms with Crippen molar-refractivity contribution in [1.29, 1.82) is 0 Å². The molecule has 0 fully saturated rings. The summed E-state index contributed by atoms with van der Waals surface area (Å²) < 4.78 is 28.2. The van der Waals surface area contributed by atoms with Crippen LogP contribution in [-0.2, 0) is 20.6 Å². The average Bonchev–Trinajstić information content (AvgIpc) is 2.78. The minimum Gasteiger partial charge on any atom is -0.354 e. The number of hydrogen-bond acceptors (Lipinski definition) is 4. The predicted octanol–water partition coefficient (Wildman–Crippen LogP) is 5.17. The summed E-state index contributed by atoms with van der Waals surface area (Å²) in [6.07, 6.45) is 0. The molecular weight excluding hydrogens is 464 g/mol. The molecule has 0 heterocycles. The van der Waals surface area contributed by atoms with Gasteiger partial charge in [-0.3, -0.25) is 9.10 Å². The molecule has 34 heavy (non-hydrogen) atoms. The zero-order valence-corrected chi connectivity index (χ0v) is 21.8. The van der Waals surface area contributed by atoms with Crippen LogP contribution in [0.2, 0.25) is 0 Å². The van der Waals surface area contributed by atoms with E-state index in [9.17, 15) is 13.2 Å². The molecule has 0 atom stereocenters. The average molecular weight is 497 g/mol. The van der Waals surface area contributed by atoms with Crippen molar-refractivity contribution in [2.75, 3.05) is 23.1 Å². The highest BCUT2D eigenvalue weighted by Crippen LogP contribution is 2.27. The number of carbonyl (C=O) groups is 1. The van der Waals surface area contributed by atoms with E-state index < -0.39 is 10.0 Å². The monoisotopic (exact) mass is 496 g/mol. The smallest absolute Gasteiger partial charge is 0.264 e. The maximum absolute atomic E-state index is 13.5. The lowest BCUT2D eigenvalue weighted by molar-refractivity contribution is -0.119. The van der Waals surface area contributed by atoms with E-state index in [1.807, 2.05) is 39.0 Å². The van der Waals surface area contributed by atoms with Gasteiger partial charge in [-0.15, -0.1) is 0 Å². The first-order chi connectivity index (χ1) is 16.2. The van der Waals surface area contributed by atoms with E-state index in [-0.39, 0.29) is 17.3 Å². The molecule has 0 aliphatic carbocycles. The van der Waals surface area contributed by atoms with Gasteiger partial charge in [0.1, 0.15) is 6.54 Å². The van der Waals surface area contributed by atoms with Gasteiger partial charge in [0.2, 0.25) is 5.91 Å². The highest BCUT2D eigenvalue weighted by molar-refractivity contribution is 7.98. The quantitative estimate of drug-likeness (QED) is 0.394. The Kier molecular flexibility index (Phi) is 8.80. The van der Waals surface area contributed by atoms with Crippen LogP contribution < -0.4 is 9.62 Å². The van der Waals surface area contributed by atoms with Crippen LogP contribution >= 0.6 is 11.8 Å². The van der Waals surface area contributed by atoms with Gasteiger partial charge in [-0.1, -0.05) is 65.2 Å². The fraction of sp³-hybridized carbons (Fsp3) is 0.296. The van der Waals surface area contributed by atoms with Crippen LogP contribution in [-0.4, -0.2) is 33.2 Å². The molecule has 0 spiro atoms. The van der Waals surface area contributed by atoms with Crippen LogP contribution in [0.1, 0.15) is 27.8 Å². The fourth-order valence-corrected chi connectivity index (χ4v) is 5.95. The van der Waals surface area contributed by atoms with Crippen molar-refractivity contribution in [3.05, 3.63) is 94.5 Å². The van der Waals surface area contributed by atoms with Crippen molar-refractivity contribution in [3.8, 4) is 0 Å². The van der Waals surface area contributed by atoms with Crippen LogP contribution in [0.4, 0.5) is 5.69 Å². The zero-order chi connectivity index (χ0) is 24.7. The van der Waals surface area contributed by atoms with Crippen molar-refractivity contribution in [1.82, 2.24) is 5.32 Å². The van der Waals surface area contributed by atoms with Crippen LogP contribution in [0.3, 0.4) is 0 Å². The molecule has 180 valence electrons. The standard InChI is InChI=1S/C27H32N2O3S2/c1-20-8-11-25(12-9-20)34(31,32)29(26-13-10-22(3)16-23(26)4)18-27(30)28-14-15-33-19-24-7-5-6-21(2)17-24/h5-13,16-17H,14-15,18-19H2,1-4H3,(H,28,30). The third kappa shape index (κ3) is 6.87. The Balaban J connectivity index is 1.68. The Bertz CT molecular complexity index is 1240. The van der Waals surface area contributed by atoms with E-state index in [4.69, 9.17) is 0 Å². The molecule has 0 aromatic heterocycles. The van der Waals surface area contributed by atoms with Gasteiger partial charge in [0.05, 0.1) is 10.6 Å². The minimum atomic E-state index is -3.91. The largest absolute Gasteiger partial charge is 0.354 e. The number of hydrogen-bond donors (Lipinski definition) is 1. The number of nitrogens with one attached hydrogen (secondary N) is 1. The first-order valence-corrected chi connectivity index (χ1v) is 13.8. The van der Waals surface area contributed by atoms with Crippen molar-refractivity contribution >= 4 is 33.4 Å². The number of carbonyl (C=O) groups excluding carboxylic acids is 1. The number of amides is 1. The fourth-order valence-electron chi connectivity index (χ4n) is 3.66. The van der Waals surface area contributed by atoms with E-state index in [0.717, 1.165) is 28.2 Å². The van der Waals surface area contributed by atoms with Crippen molar-refractivity contribution in [2.24, 2.45) is 0 Å². The Hall–Kier alpha value is -2.77. The van der Waals surface area contributed by atoms with E-state index in [1.165, 1.54) is 15.4 Å². The molecule has 3 aromatic carbocycles. The Morgan fingerprint density at radius 3 is 2.24 bits per heavy atom. The molecule has 0 saturated carbocycles. The topological polar surface area (TPSA) is 66.5 Å². The van der Waals surface area contributed by atoms with Crippen LogP contribution in [0.15, 0.2) is 71.6 Å². The number of aryl methyl sites for hydroxylation is 4. The summed E-state index contributed by atoms with van der Waals surface area (Å²) in [6.45, 7) is 7.99. The number of sulfonamides is 1. The second kappa shape index (κ2) is 11.6. The third-order valence-corrected chi connectivity index (χ3v) is 8.24. The Morgan fingerprint density at radius 2 is 1.56 bits per heavy atom. The molecule has 0 aliphatic heterocycles. The normalized spacial score (nSPS) is 11.3. The highest BCUT2D eigenvalue weighted by atomic mass is 32.2. The summed E-state index contributed by atoms with van der Waals surface area (Å²) in [5.74, 6) is 1.29. The molecule has 3 aromatic rings. The Labute approximate surface area is 207 Å². The molecule has 5 nitrogen and oxygen atoms in total. The highest BCUT2D eigenvalue weighted by Gasteiger charge is 2.28. The van der Waals surface area contributed by atoms with Gasteiger partial charge in [0.15, 0.2) is 0 Å². The van der Waals surface area contributed by atoms with E-state index in [0.29, 0.717) is 12.2 Å². The van der Waals surface area contributed by atoms with Gasteiger partial charge in [0.25, 0.3) is 10.0 Å². The lowest BCUT2D eigenvalue weighted by atomic mass is 10.1. The summed E-state index contributed by atoms with van der Waals surface area (Å²) in [5, 5.41) is 2.88. The summed E-state index contributed by atoms with van der Waals surface area (Å²) in [6, 6.07) is 20.6. The molecule has 7 heteroatoms. The van der Waals surface area contributed by atoms with E-state index >= 15 is 0 Å². The second-order valence-electron chi connectivity index (χ2n) is 8.51. The lowest BCUT2D eigenvalue weighted by Crippen LogP contribution is -2.41. The van der Waals surface area contributed by atoms with Gasteiger partial charge in [-0.05, 0) is 57.0 Å². The van der Waals surface area contributed by atoms with Gasteiger partial charge in [-0.25, -0.2) is 8.42 Å². The number of anilines is 1. The van der Waals surface area contributed by atoms with Gasteiger partial charge >= 0.3 is 0 Å². The maximum Gasteiger partial charge on any atom is 0.264 e. The number of benzene rings is 3. The van der Waals surface area contributed by atoms with Gasteiger partial charge in [-0.2, -0.15) is 11.8 Å². The van der Waals surface area contributed by atoms with Gasteiger partial charge < -0.3 is 5.32 Å². The SMILES string of the molecule is Cc1ccc(S(=O)(=O)N(CC(=O)NCCSCc2cccc(C)c2)c2ccc(C)cc2C)cc1. The van der Waals surface area contributed by atoms with Crippen molar-refractivity contribution in [3.63, 3.8) is 0 Å². The number of nitrogens with zero attached hydrogens (tertiary/aromatic N) is 1. The first kappa shape index (κ1) is 25.8. The predicted molar refractivity (Wildman–Crippen MR) is 142 cm³/mol. The summed E-state index contributed by atoms with van der Waals surface area (Å²) >= 11 is 1.73. The van der Waals surface area contributed by atoms with Crippen molar-refractivity contribution in [2.45, 2.75) is 38.3 Å². The van der Waals surface area contributed by atoms with Crippen molar-refractivity contribution < 1.29 is 13.2 Å². The molecule has 1 N–H and O–H groups in total. The van der Waals surface area contributed by atoms with E-state index in [1.54, 1.807) is 42.1 Å². The van der Waals surface area contributed by atoms with E-state index in [2.05, 4.69) is 30.4 Å².